The summed E-state index contributed by atoms with van der Waals surface area (Å²) in [6, 6.07) is 11.4. The Bertz CT molecular complexity index is 1210. The number of ether oxygens (including phenoxy) is 1. The number of halogens is 1. The van der Waals surface area contributed by atoms with Gasteiger partial charge in [-0.1, -0.05) is 23.7 Å². The van der Waals surface area contributed by atoms with Crippen LogP contribution in [-0.4, -0.2) is 22.4 Å². The predicted octanol–water partition coefficient (Wildman–Crippen LogP) is 5.52. The van der Waals surface area contributed by atoms with Gasteiger partial charge in [0.15, 0.2) is 4.96 Å². The average molecular weight is 426 g/mol. The zero-order chi connectivity index (χ0) is 20.5. The summed E-state index contributed by atoms with van der Waals surface area (Å²) < 4.78 is 7.27. The number of imidazole rings is 1. The molecule has 0 aliphatic rings. The summed E-state index contributed by atoms with van der Waals surface area (Å²) in [7, 11) is 1.56. The van der Waals surface area contributed by atoms with Gasteiger partial charge in [0.1, 0.15) is 5.75 Å². The quantitative estimate of drug-likeness (QED) is 0.457. The number of hydrogen-bond donors (Lipinski definition) is 1. The molecule has 4 aromatic rings. The smallest absolute Gasteiger partial charge is 0.230 e. The Hall–Kier alpha value is -2.83. The number of benzene rings is 2. The Morgan fingerprint density at radius 3 is 2.79 bits per heavy atom. The maximum absolute atomic E-state index is 12.6. The Balaban J connectivity index is 1.57. The maximum atomic E-state index is 12.6. The lowest BCUT2D eigenvalue weighted by Crippen LogP contribution is -2.15. The second-order valence-corrected chi connectivity index (χ2v) is 8.15. The molecule has 7 heteroatoms. The highest BCUT2D eigenvalue weighted by Crippen LogP contribution is 2.29. The molecule has 0 atom stereocenters. The third-order valence-electron chi connectivity index (χ3n) is 4.86. The first-order chi connectivity index (χ1) is 13.9. The number of anilines is 1. The van der Waals surface area contributed by atoms with E-state index in [9.17, 15) is 4.79 Å². The van der Waals surface area contributed by atoms with Gasteiger partial charge in [0.05, 0.1) is 24.9 Å². The van der Waals surface area contributed by atoms with Gasteiger partial charge in [0, 0.05) is 27.9 Å². The van der Waals surface area contributed by atoms with E-state index in [4.69, 9.17) is 21.3 Å². The van der Waals surface area contributed by atoms with Crippen LogP contribution >= 0.6 is 22.9 Å². The molecule has 0 radical (unpaired) electrons. The van der Waals surface area contributed by atoms with E-state index in [0.717, 1.165) is 21.9 Å². The summed E-state index contributed by atoms with van der Waals surface area (Å²) in [6.07, 6.45) is 2.21. The number of hydrogen-bond acceptors (Lipinski definition) is 4. The third-order valence-corrected chi connectivity index (χ3v) is 5.99. The van der Waals surface area contributed by atoms with Gasteiger partial charge in [-0.15, -0.1) is 11.3 Å². The van der Waals surface area contributed by atoms with Crippen LogP contribution in [0.15, 0.2) is 48.0 Å². The zero-order valence-electron chi connectivity index (χ0n) is 16.3. The molecule has 0 aliphatic carbocycles. The van der Waals surface area contributed by atoms with Crippen LogP contribution in [0.4, 0.5) is 5.69 Å². The molecule has 2 aromatic heterocycles. The van der Waals surface area contributed by atoms with Crippen molar-refractivity contribution < 1.29 is 9.53 Å². The molecule has 2 heterocycles. The molecular weight excluding hydrogens is 406 g/mol. The summed E-state index contributed by atoms with van der Waals surface area (Å²) in [5, 5.41) is 5.37. The Labute approximate surface area is 177 Å². The second kappa shape index (κ2) is 7.89. The van der Waals surface area contributed by atoms with E-state index >= 15 is 0 Å². The summed E-state index contributed by atoms with van der Waals surface area (Å²) in [5.41, 5.74) is 5.89. The van der Waals surface area contributed by atoms with Crippen LogP contribution in [0.3, 0.4) is 0 Å². The molecule has 1 amide bonds. The van der Waals surface area contributed by atoms with Crippen molar-refractivity contribution in [2.24, 2.45) is 0 Å². The van der Waals surface area contributed by atoms with Gasteiger partial charge in [-0.25, -0.2) is 4.98 Å². The molecule has 0 saturated heterocycles. The molecule has 0 saturated carbocycles. The van der Waals surface area contributed by atoms with Crippen LogP contribution in [0, 0.1) is 13.8 Å². The van der Waals surface area contributed by atoms with Crippen molar-refractivity contribution in [1.82, 2.24) is 9.38 Å². The van der Waals surface area contributed by atoms with Gasteiger partial charge in [0.2, 0.25) is 5.91 Å². The molecule has 0 unspecified atom stereocenters. The Morgan fingerprint density at radius 1 is 1.21 bits per heavy atom. The molecule has 1 N–H and O–H groups in total. The summed E-state index contributed by atoms with van der Waals surface area (Å²) in [4.78, 5) is 18.2. The molecular formula is C22H20ClN3O2S. The average Bonchev–Trinajstić information content (AvgIpc) is 3.26. The number of amides is 1. The lowest BCUT2D eigenvalue weighted by atomic mass is 10.0. The molecule has 0 aliphatic heterocycles. The minimum Gasteiger partial charge on any atom is -0.495 e. The second-order valence-electron chi connectivity index (χ2n) is 6.87. The highest BCUT2D eigenvalue weighted by Gasteiger charge is 2.14. The van der Waals surface area contributed by atoms with Crippen LogP contribution in [0.1, 0.15) is 16.8 Å². The van der Waals surface area contributed by atoms with Gasteiger partial charge in [-0.3, -0.25) is 9.20 Å². The molecule has 0 spiro atoms. The SMILES string of the molecule is COc1ccc(Cl)cc1NC(=O)Cc1csc2nc(-c3ccc(C)c(C)c3)cn12. The molecule has 0 bridgehead atoms. The van der Waals surface area contributed by atoms with E-state index in [1.807, 2.05) is 16.0 Å². The van der Waals surface area contributed by atoms with E-state index in [1.54, 1.807) is 25.3 Å². The topological polar surface area (TPSA) is 55.6 Å². The molecule has 2 aromatic carbocycles. The van der Waals surface area contributed by atoms with E-state index < -0.39 is 0 Å². The molecule has 0 fully saturated rings. The van der Waals surface area contributed by atoms with Gasteiger partial charge < -0.3 is 10.1 Å². The first kappa shape index (κ1) is 19.5. The standard InChI is InChI=1S/C22H20ClN3O2S/c1-13-4-5-15(8-14(13)2)19-11-26-17(12-29-22(26)25-19)10-21(27)24-18-9-16(23)6-7-20(18)28-3/h4-9,11-12H,10H2,1-3H3,(H,24,27). The fourth-order valence-corrected chi connectivity index (χ4v) is 4.18. The van der Waals surface area contributed by atoms with Gasteiger partial charge in [-0.2, -0.15) is 0 Å². The number of nitrogens with one attached hydrogen (secondary N) is 1. The highest BCUT2D eigenvalue weighted by atomic mass is 35.5. The van der Waals surface area contributed by atoms with Crippen LogP contribution in [0.5, 0.6) is 5.75 Å². The van der Waals surface area contributed by atoms with Crippen LogP contribution in [0.2, 0.25) is 5.02 Å². The largest absolute Gasteiger partial charge is 0.495 e. The number of rotatable bonds is 5. The molecule has 29 heavy (non-hydrogen) atoms. The number of carbonyl (C=O) groups excluding carboxylic acids is 1. The number of methoxy groups -OCH3 is 1. The van der Waals surface area contributed by atoms with Crippen molar-refractivity contribution >= 4 is 39.5 Å². The number of aryl methyl sites for hydroxylation is 2. The maximum Gasteiger partial charge on any atom is 0.230 e. The minimum absolute atomic E-state index is 0.147. The van der Waals surface area contributed by atoms with E-state index in [1.165, 1.54) is 22.5 Å². The minimum atomic E-state index is -0.147. The van der Waals surface area contributed by atoms with Crippen molar-refractivity contribution in [1.29, 1.82) is 0 Å². The summed E-state index contributed by atoms with van der Waals surface area (Å²) >= 11 is 7.56. The molecule has 4 rings (SSSR count). The van der Waals surface area contributed by atoms with Crippen molar-refractivity contribution in [3.8, 4) is 17.0 Å². The number of thiazole rings is 1. The number of aromatic nitrogens is 2. The molecule has 148 valence electrons. The number of fused-ring (bicyclic) bond motifs is 1. The highest BCUT2D eigenvalue weighted by molar-refractivity contribution is 7.15. The fourth-order valence-electron chi connectivity index (χ4n) is 3.13. The number of carbonyl (C=O) groups is 1. The lowest BCUT2D eigenvalue weighted by molar-refractivity contribution is -0.115. The first-order valence-corrected chi connectivity index (χ1v) is 10.4. The van der Waals surface area contributed by atoms with Crippen molar-refractivity contribution in [2.75, 3.05) is 12.4 Å². The van der Waals surface area contributed by atoms with Crippen molar-refractivity contribution in [3.05, 3.63) is 69.8 Å². The summed E-state index contributed by atoms with van der Waals surface area (Å²) in [5.74, 6) is 0.421. The Morgan fingerprint density at radius 2 is 2.03 bits per heavy atom. The van der Waals surface area contributed by atoms with Gasteiger partial charge >= 0.3 is 0 Å². The number of nitrogens with zero attached hydrogens (tertiary/aromatic N) is 2. The van der Waals surface area contributed by atoms with Crippen molar-refractivity contribution in [3.63, 3.8) is 0 Å². The van der Waals surface area contributed by atoms with Gasteiger partial charge in [0.25, 0.3) is 0 Å². The van der Waals surface area contributed by atoms with Gasteiger partial charge in [-0.05, 0) is 49.2 Å². The van der Waals surface area contributed by atoms with E-state index in [2.05, 4.69) is 37.4 Å². The first-order valence-electron chi connectivity index (χ1n) is 9.11. The normalized spacial score (nSPS) is 11.0. The Kier molecular flexibility index (Phi) is 5.30. The predicted molar refractivity (Wildman–Crippen MR) is 118 cm³/mol. The molecule has 5 nitrogen and oxygen atoms in total. The third kappa shape index (κ3) is 3.99. The van der Waals surface area contributed by atoms with Crippen LogP contribution in [-0.2, 0) is 11.2 Å². The monoisotopic (exact) mass is 425 g/mol. The zero-order valence-corrected chi connectivity index (χ0v) is 17.9. The van der Waals surface area contributed by atoms with E-state index in [0.29, 0.717) is 16.5 Å². The van der Waals surface area contributed by atoms with E-state index in [-0.39, 0.29) is 12.3 Å². The van der Waals surface area contributed by atoms with Crippen LogP contribution in [0.25, 0.3) is 16.2 Å². The van der Waals surface area contributed by atoms with Crippen LogP contribution < -0.4 is 10.1 Å². The lowest BCUT2D eigenvalue weighted by Gasteiger charge is -2.10. The fraction of sp³-hybridized carbons (Fsp3) is 0.182. The summed E-state index contributed by atoms with van der Waals surface area (Å²) in [6.45, 7) is 4.19. The van der Waals surface area contributed by atoms with Crippen molar-refractivity contribution in [2.45, 2.75) is 20.3 Å².